The summed E-state index contributed by atoms with van der Waals surface area (Å²) in [5, 5.41) is 14.7. The van der Waals surface area contributed by atoms with E-state index in [4.69, 9.17) is 5.10 Å². The van der Waals surface area contributed by atoms with Gasteiger partial charge in [-0.3, -0.25) is 14.5 Å². The number of aliphatic hydroxyl groups is 1. The van der Waals surface area contributed by atoms with Gasteiger partial charge in [0, 0.05) is 30.1 Å². The van der Waals surface area contributed by atoms with Crippen molar-refractivity contribution in [1.29, 1.82) is 0 Å². The molecule has 0 fully saturated rings. The highest BCUT2D eigenvalue weighted by molar-refractivity contribution is 5.88. The molecule has 6 nitrogen and oxygen atoms in total. The minimum atomic E-state index is -0.373. The van der Waals surface area contributed by atoms with Crippen LogP contribution in [-0.2, 0) is 11.3 Å². The van der Waals surface area contributed by atoms with Gasteiger partial charge in [-0.1, -0.05) is 6.58 Å². The third-order valence-corrected chi connectivity index (χ3v) is 4.91. The van der Waals surface area contributed by atoms with Gasteiger partial charge in [-0.2, -0.15) is 5.10 Å². The third kappa shape index (κ3) is 3.10. The van der Waals surface area contributed by atoms with Crippen LogP contribution >= 0.6 is 0 Å². The lowest BCUT2D eigenvalue weighted by Gasteiger charge is -2.33. The molecule has 3 heterocycles. The van der Waals surface area contributed by atoms with Gasteiger partial charge in [0.05, 0.1) is 24.9 Å². The number of carbonyl (C=O) groups is 1. The lowest BCUT2D eigenvalue weighted by atomic mass is 9.98. The Labute approximate surface area is 161 Å². The summed E-state index contributed by atoms with van der Waals surface area (Å²) in [6, 6.07) is 9.49. The number of hydrogen-bond acceptors (Lipinski definition) is 4. The first-order chi connectivity index (χ1) is 13.6. The van der Waals surface area contributed by atoms with Crippen molar-refractivity contribution in [2.45, 2.75) is 12.6 Å². The molecule has 0 radical (unpaired) electrons. The quantitative estimate of drug-likeness (QED) is 0.709. The molecule has 28 heavy (non-hydrogen) atoms. The molecule has 1 atom stereocenters. The summed E-state index contributed by atoms with van der Waals surface area (Å²) < 4.78 is 15.2. The van der Waals surface area contributed by atoms with Crippen molar-refractivity contribution in [3.63, 3.8) is 0 Å². The van der Waals surface area contributed by atoms with E-state index in [9.17, 15) is 14.3 Å². The van der Waals surface area contributed by atoms with Crippen LogP contribution < -0.4 is 0 Å². The van der Waals surface area contributed by atoms with E-state index < -0.39 is 0 Å². The van der Waals surface area contributed by atoms with E-state index in [2.05, 4.69) is 11.6 Å². The summed E-state index contributed by atoms with van der Waals surface area (Å²) in [5.74, 6) is -0.524. The molecule has 0 spiro atoms. The maximum atomic E-state index is 13.4. The van der Waals surface area contributed by atoms with Gasteiger partial charge in [-0.15, -0.1) is 0 Å². The number of rotatable bonds is 4. The summed E-state index contributed by atoms with van der Waals surface area (Å²) in [6.45, 7) is 4.09. The molecule has 2 aromatic heterocycles. The molecule has 1 aliphatic heterocycles. The van der Waals surface area contributed by atoms with Crippen molar-refractivity contribution >= 4 is 5.91 Å². The van der Waals surface area contributed by atoms with Gasteiger partial charge in [-0.25, -0.2) is 4.39 Å². The Bertz CT molecular complexity index is 1010. The van der Waals surface area contributed by atoms with E-state index in [1.54, 1.807) is 34.1 Å². The zero-order valence-corrected chi connectivity index (χ0v) is 15.1. The molecule has 0 saturated heterocycles. The van der Waals surface area contributed by atoms with E-state index in [0.717, 1.165) is 22.4 Å². The number of aliphatic hydroxyl groups excluding tert-OH is 1. The molecule has 1 N–H and O–H groups in total. The van der Waals surface area contributed by atoms with Gasteiger partial charge in [0.25, 0.3) is 0 Å². The van der Waals surface area contributed by atoms with Crippen LogP contribution in [0.5, 0.6) is 0 Å². The Morgan fingerprint density at radius 3 is 2.57 bits per heavy atom. The largest absolute Gasteiger partial charge is 0.394 e. The van der Waals surface area contributed by atoms with Crippen molar-refractivity contribution in [3.05, 3.63) is 73.0 Å². The van der Waals surface area contributed by atoms with Gasteiger partial charge in [0.2, 0.25) is 5.91 Å². The lowest BCUT2D eigenvalue weighted by molar-refractivity contribution is -0.128. The van der Waals surface area contributed by atoms with Crippen LogP contribution in [-0.4, -0.2) is 43.8 Å². The van der Waals surface area contributed by atoms with Gasteiger partial charge in [0.1, 0.15) is 11.5 Å². The predicted octanol–water partition coefficient (Wildman–Crippen LogP) is 2.81. The van der Waals surface area contributed by atoms with E-state index in [1.165, 1.54) is 18.2 Å². The van der Waals surface area contributed by atoms with Crippen LogP contribution in [0, 0.1) is 5.82 Å². The molecule has 7 heteroatoms. The van der Waals surface area contributed by atoms with Crippen molar-refractivity contribution in [2.24, 2.45) is 0 Å². The zero-order valence-electron chi connectivity index (χ0n) is 15.1. The standard InChI is InChI=1S/C21H19FN4O2/c1-2-19(28)25-11-17(13-27)26-18(12-25)20(14-7-9-23-10-8-14)21(24-26)15-3-5-16(22)6-4-15/h2-10,17,27H,1,11-13H2/t17-/m1/s1. The molecule has 142 valence electrons. The van der Waals surface area contributed by atoms with Crippen LogP contribution in [0.15, 0.2) is 61.4 Å². The fourth-order valence-electron chi connectivity index (χ4n) is 3.56. The molecule has 4 rings (SSSR count). The summed E-state index contributed by atoms with van der Waals surface area (Å²) in [4.78, 5) is 18.0. The second kappa shape index (κ2) is 7.36. The topological polar surface area (TPSA) is 71.2 Å². The van der Waals surface area contributed by atoms with Gasteiger partial charge >= 0.3 is 0 Å². The first kappa shape index (κ1) is 18.1. The lowest BCUT2D eigenvalue weighted by Crippen LogP contribution is -2.41. The Morgan fingerprint density at radius 2 is 1.93 bits per heavy atom. The molecule has 1 aliphatic rings. The average Bonchev–Trinajstić information content (AvgIpc) is 3.13. The van der Waals surface area contributed by atoms with Gasteiger partial charge in [0.15, 0.2) is 0 Å². The molecular formula is C21H19FN4O2. The van der Waals surface area contributed by atoms with E-state index >= 15 is 0 Å². The summed E-state index contributed by atoms with van der Waals surface area (Å²) in [6.07, 6.45) is 4.65. The number of amides is 1. The number of pyridine rings is 1. The third-order valence-electron chi connectivity index (χ3n) is 4.91. The highest BCUT2D eigenvalue weighted by atomic mass is 19.1. The van der Waals surface area contributed by atoms with E-state index in [1.807, 2.05) is 12.1 Å². The fraction of sp³-hybridized carbons (Fsp3) is 0.190. The predicted molar refractivity (Wildman–Crippen MR) is 103 cm³/mol. The number of fused-ring (bicyclic) bond motifs is 1. The van der Waals surface area contributed by atoms with Gasteiger partial charge < -0.3 is 10.0 Å². The molecule has 1 aromatic carbocycles. The average molecular weight is 378 g/mol. The number of benzene rings is 1. The van der Waals surface area contributed by atoms with Crippen LogP contribution in [0.1, 0.15) is 11.7 Å². The minimum Gasteiger partial charge on any atom is -0.394 e. The normalized spacial score (nSPS) is 15.9. The molecule has 0 saturated carbocycles. The first-order valence-corrected chi connectivity index (χ1v) is 8.92. The number of halogens is 1. The highest BCUT2D eigenvalue weighted by Crippen LogP contribution is 2.38. The van der Waals surface area contributed by atoms with Crippen LogP contribution in [0.3, 0.4) is 0 Å². The van der Waals surface area contributed by atoms with Crippen LogP contribution in [0.2, 0.25) is 0 Å². The van der Waals surface area contributed by atoms with Gasteiger partial charge in [-0.05, 0) is 48.0 Å². The molecule has 3 aromatic rings. The molecule has 1 amide bonds. The Balaban J connectivity index is 1.94. The van der Waals surface area contributed by atoms with E-state index in [0.29, 0.717) is 18.8 Å². The second-order valence-electron chi connectivity index (χ2n) is 6.62. The molecule has 0 aliphatic carbocycles. The van der Waals surface area contributed by atoms with Crippen molar-refractivity contribution in [2.75, 3.05) is 13.2 Å². The number of carbonyl (C=O) groups excluding carboxylic acids is 1. The fourth-order valence-corrected chi connectivity index (χ4v) is 3.56. The number of aromatic nitrogens is 3. The Kier molecular flexibility index (Phi) is 4.75. The van der Waals surface area contributed by atoms with Crippen molar-refractivity contribution < 1.29 is 14.3 Å². The minimum absolute atomic E-state index is 0.158. The van der Waals surface area contributed by atoms with E-state index in [-0.39, 0.29) is 24.4 Å². The van der Waals surface area contributed by atoms with Crippen molar-refractivity contribution in [1.82, 2.24) is 19.7 Å². The monoisotopic (exact) mass is 378 g/mol. The molecular weight excluding hydrogens is 359 g/mol. The first-order valence-electron chi connectivity index (χ1n) is 8.92. The summed E-state index contributed by atoms with van der Waals surface area (Å²) in [7, 11) is 0. The van der Waals surface area contributed by atoms with Crippen molar-refractivity contribution in [3.8, 4) is 22.4 Å². The van der Waals surface area contributed by atoms with Crippen LogP contribution in [0.25, 0.3) is 22.4 Å². The Hall–Kier alpha value is -3.32. The Morgan fingerprint density at radius 1 is 1.21 bits per heavy atom. The highest BCUT2D eigenvalue weighted by Gasteiger charge is 2.32. The molecule has 0 unspecified atom stereocenters. The zero-order chi connectivity index (χ0) is 19.7. The smallest absolute Gasteiger partial charge is 0.246 e. The molecule has 0 bridgehead atoms. The SMILES string of the molecule is C=CC(=O)N1Cc2c(-c3ccncc3)c(-c3ccc(F)cc3)nn2[C@@H](CO)C1. The maximum Gasteiger partial charge on any atom is 0.246 e. The summed E-state index contributed by atoms with van der Waals surface area (Å²) >= 11 is 0. The summed E-state index contributed by atoms with van der Waals surface area (Å²) in [5.41, 5.74) is 3.97. The number of hydrogen-bond donors (Lipinski definition) is 1. The maximum absolute atomic E-state index is 13.4. The second-order valence-corrected chi connectivity index (χ2v) is 6.62. The van der Waals surface area contributed by atoms with Crippen LogP contribution in [0.4, 0.5) is 4.39 Å². The number of nitrogens with zero attached hydrogens (tertiary/aromatic N) is 4.